The van der Waals surface area contributed by atoms with Gasteiger partial charge >= 0.3 is 0 Å². The number of anilines is 2. The molecular weight excluding hydrogens is 256 g/mol. The zero-order valence-electron chi connectivity index (χ0n) is 12.6. The second-order valence-corrected chi connectivity index (χ2v) is 4.86. The van der Waals surface area contributed by atoms with E-state index in [1.54, 1.807) is 0 Å². The van der Waals surface area contributed by atoms with E-state index in [2.05, 4.69) is 34.4 Å². The van der Waals surface area contributed by atoms with Crippen molar-refractivity contribution in [2.24, 2.45) is 0 Å². The van der Waals surface area contributed by atoms with Crippen molar-refractivity contribution >= 4 is 11.6 Å². The maximum atomic E-state index is 9.42. The van der Waals surface area contributed by atoms with Gasteiger partial charge in [0.2, 0.25) is 0 Å². The number of aryl methyl sites for hydroxylation is 1. The number of nitrogens with zero attached hydrogens (tertiary/aromatic N) is 2. The molecule has 1 aromatic heterocycles. The number of aromatic nitrogens is 2. The van der Waals surface area contributed by atoms with Crippen LogP contribution in [0.1, 0.15) is 38.1 Å². The minimum Gasteiger partial charge on any atom is -0.394 e. The summed E-state index contributed by atoms with van der Waals surface area (Å²) in [5.74, 6) is 2.35. The molecule has 0 aliphatic carbocycles. The van der Waals surface area contributed by atoms with Gasteiger partial charge in [-0.1, -0.05) is 13.8 Å². The van der Waals surface area contributed by atoms with Gasteiger partial charge in [0.15, 0.2) is 0 Å². The van der Waals surface area contributed by atoms with Crippen LogP contribution in [0, 0.1) is 6.92 Å². The topological polar surface area (TPSA) is 90.3 Å². The molecule has 6 heteroatoms. The van der Waals surface area contributed by atoms with Gasteiger partial charge in [0.1, 0.15) is 17.5 Å². The van der Waals surface area contributed by atoms with Crippen molar-refractivity contribution < 1.29 is 10.2 Å². The number of rotatable bonds is 9. The zero-order chi connectivity index (χ0) is 15.0. The van der Waals surface area contributed by atoms with Gasteiger partial charge in [-0.2, -0.15) is 0 Å². The van der Waals surface area contributed by atoms with E-state index in [1.165, 1.54) is 0 Å². The number of hydrogen-bond donors (Lipinski definition) is 4. The van der Waals surface area contributed by atoms with Gasteiger partial charge in [-0.25, -0.2) is 9.97 Å². The zero-order valence-corrected chi connectivity index (χ0v) is 12.6. The second kappa shape index (κ2) is 8.71. The van der Waals surface area contributed by atoms with Gasteiger partial charge in [-0.05, 0) is 19.8 Å². The summed E-state index contributed by atoms with van der Waals surface area (Å²) in [6.45, 7) is 7.01. The summed E-state index contributed by atoms with van der Waals surface area (Å²) in [6.07, 6.45) is 2.04. The van der Waals surface area contributed by atoms with E-state index in [0.29, 0.717) is 0 Å². The van der Waals surface area contributed by atoms with Gasteiger partial charge in [0, 0.05) is 25.1 Å². The highest BCUT2D eigenvalue weighted by Gasteiger charge is 2.11. The Balaban J connectivity index is 2.91. The highest BCUT2D eigenvalue weighted by atomic mass is 16.3. The van der Waals surface area contributed by atoms with Crippen molar-refractivity contribution in [2.75, 3.05) is 30.3 Å². The van der Waals surface area contributed by atoms with Gasteiger partial charge in [0.05, 0.1) is 12.7 Å². The average Bonchev–Trinajstić information content (AvgIpc) is 2.45. The Labute approximate surface area is 120 Å². The molecule has 0 aromatic carbocycles. The fourth-order valence-corrected chi connectivity index (χ4v) is 1.77. The summed E-state index contributed by atoms with van der Waals surface area (Å²) in [5, 5.41) is 24.7. The van der Waals surface area contributed by atoms with Crippen molar-refractivity contribution in [1.82, 2.24) is 9.97 Å². The molecule has 0 saturated carbocycles. The SMILES string of the molecule is CCCNc1nc(CCC)nc(NCC(O)CO)c1C. The van der Waals surface area contributed by atoms with Gasteiger partial charge in [-0.15, -0.1) is 0 Å². The molecule has 0 amide bonds. The molecule has 0 saturated heterocycles. The van der Waals surface area contributed by atoms with E-state index in [9.17, 15) is 5.11 Å². The van der Waals surface area contributed by atoms with E-state index in [0.717, 1.165) is 48.8 Å². The summed E-state index contributed by atoms with van der Waals surface area (Å²) in [6, 6.07) is 0. The summed E-state index contributed by atoms with van der Waals surface area (Å²) in [5.41, 5.74) is 0.934. The highest BCUT2D eigenvalue weighted by Crippen LogP contribution is 2.20. The monoisotopic (exact) mass is 282 g/mol. The predicted molar refractivity (Wildman–Crippen MR) is 81.1 cm³/mol. The quantitative estimate of drug-likeness (QED) is 0.546. The Morgan fingerprint density at radius 3 is 2.30 bits per heavy atom. The van der Waals surface area contributed by atoms with Gasteiger partial charge in [0.25, 0.3) is 0 Å². The first kappa shape index (κ1) is 16.7. The van der Waals surface area contributed by atoms with Crippen LogP contribution in [-0.2, 0) is 6.42 Å². The van der Waals surface area contributed by atoms with Crippen molar-refractivity contribution in [3.8, 4) is 0 Å². The third-order valence-corrected chi connectivity index (χ3v) is 2.92. The third-order valence-electron chi connectivity index (χ3n) is 2.92. The lowest BCUT2D eigenvalue weighted by Crippen LogP contribution is -2.24. The molecule has 114 valence electrons. The Kier molecular flexibility index (Phi) is 7.25. The predicted octanol–water partition coefficient (Wildman–Crippen LogP) is 1.32. The Morgan fingerprint density at radius 2 is 1.75 bits per heavy atom. The van der Waals surface area contributed by atoms with E-state index in [4.69, 9.17) is 5.11 Å². The molecule has 4 N–H and O–H groups in total. The van der Waals surface area contributed by atoms with Crippen molar-refractivity contribution in [3.63, 3.8) is 0 Å². The fraction of sp³-hybridized carbons (Fsp3) is 0.714. The molecule has 1 heterocycles. The lowest BCUT2D eigenvalue weighted by molar-refractivity contribution is 0.105. The minimum absolute atomic E-state index is 0.264. The number of aliphatic hydroxyl groups excluding tert-OH is 2. The molecule has 20 heavy (non-hydrogen) atoms. The Bertz CT molecular complexity index is 412. The lowest BCUT2D eigenvalue weighted by Gasteiger charge is -2.16. The van der Waals surface area contributed by atoms with Crippen LogP contribution < -0.4 is 10.6 Å². The summed E-state index contributed by atoms with van der Waals surface area (Å²) in [7, 11) is 0. The highest BCUT2D eigenvalue weighted by molar-refractivity contribution is 5.57. The lowest BCUT2D eigenvalue weighted by atomic mass is 10.2. The van der Waals surface area contributed by atoms with Crippen LogP contribution in [0.5, 0.6) is 0 Å². The van der Waals surface area contributed by atoms with Crippen LogP contribution in [0.2, 0.25) is 0 Å². The molecule has 0 aliphatic heterocycles. The fourth-order valence-electron chi connectivity index (χ4n) is 1.77. The van der Waals surface area contributed by atoms with E-state index in [1.807, 2.05) is 6.92 Å². The second-order valence-electron chi connectivity index (χ2n) is 4.86. The first-order valence-corrected chi connectivity index (χ1v) is 7.26. The molecule has 0 fully saturated rings. The molecule has 1 aromatic rings. The summed E-state index contributed by atoms with van der Waals surface area (Å²) < 4.78 is 0. The maximum Gasteiger partial charge on any atom is 0.134 e. The van der Waals surface area contributed by atoms with E-state index in [-0.39, 0.29) is 13.2 Å². The molecule has 0 radical (unpaired) electrons. The molecule has 1 atom stereocenters. The largest absolute Gasteiger partial charge is 0.394 e. The smallest absolute Gasteiger partial charge is 0.134 e. The van der Waals surface area contributed by atoms with Gasteiger partial charge < -0.3 is 20.8 Å². The summed E-state index contributed by atoms with van der Waals surface area (Å²) in [4.78, 5) is 9.02. The molecule has 0 bridgehead atoms. The van der Waals surface area contributed by atoms with Crippen molar-refractivity contribution in [3.05, 3.63) is 11.4 Å². The number of aliphatic hydroxyl groups is 2. The van der Waals surface area contributed by atoms with E-state index < -0.39 is 6.10 Å². The molecule has 1 unspecified atom stereocenters. The summed E-state index contributed by atoms with van der Waals surface area (Å²) >= 11 is 0. The van der Waals surface area contributed by atoms with Crippen LogP contribution in [0.4, 0.5) is 11.6 Å². The molecule has 1 rings (SSSR count). The van der Waals surface area contributed by atoms with Crippen LogP contribution >= 0.6 is 0 Å². The number of hydrogen-bond acceptors (Lipinski definition) is 6. The Hall–Kier alpha value is -1.40. The van der Waals surface area contributed by atoms with Crippen molar-refractivity contribution in [2.45, 2.75) is 46.1 Å². The standard InChI is InChI=1S/C14H26N4O2/c1-4-6-12-17-13(15-7-5-2)10(3)14(18-12)16-8-11(20)9-19/h11,19-20H,4-9H2,1-3H3,(H2,15,16,17,18). The van der Waals surface area contributed by atoms with Crippen LogP contribution in [0.3, 0.4) is 0 Å². The van der Waals surface area contributed by atoms with Crippen LogP contribution in [0.15, 0.2) is 0 Å². The number of nitrogens with one attached hydrogen (secondary N) is 2. The van der Waals surface area contributed by atoms with E-state index >= 15 is 0 Å². The molecule has 0 aliphatic rings. The molecule has 0 spiro atoms. The first-order chi connectivity index (χ1) is 9.62. The maximum absolute atomic E-state index is 9.42. The normalized spacial score (nSPS) is 12.2. The Morgan fingerprint density at radius 1 is 1.10 bits per heavy atom. The molecule has 6 nitrogen and oxygen atoms in total. The van der Waals surface area contributed by atoms with Crippen molar-refractivity contribution in [1.29, 1.82) is 0 Å². The van der Waals surface area contributed by atoms with Crippen LogP contribution in [-0.4, -0.2) is 46.0 Å². The van der Waals surface area contributed by atoms with Crippen LogP contribution in [0.25, 0.3) is 0 Å². The minimum atomic E-state index is -0.786. The third kappa shape index (κ3) is 4.94. The first-order valence-electron chi connectivity index (χ1n) is 7.26. The molecular formula is C14H26N4O2. The average molecular weight is 282 g/mol. The van der Waals surface area contributed by atoms with Gasteiger partial charge in [-0.3, -0.25) is 0 Å².